The molecule has 0 spiro atoms. The van der Waals surface area contributed by atoms with Crippen LogP contribution in [-0.2, 0) is 19.1 Å². The third-order valence-electron chi connectivity index (χ3n) is 2.72. The van der Waals surface area contributed by atoms with Crippen LogP contribution in [-0.4, -0.2) is 41.8 Å². The lowest BCUT2D eigenvalue weighted by atomic mass is 10.1. The lowest BCUT2D eigenvalue weighted by molar-refractivity contribution is -0.158. The van der Waals surface area contributed by atoms with Crippen LogP contribution in [0.4, 0.5) is 0 Å². The Morgan fingerprint density at radius 3 is 2.59 bits per heavy atom. The molecule has 0 bridgehead atoms. The first kappa shape index (κ1) is 13.8. The molecular weight excluding hydrogens is 222 g/mol. The third kappa shape index (κ3) is 3.93. The highest BCUT2D eigenvalue weighted by Crippen LogP contribution is 2.18. The number of nitrogens with zero attached hydrogens (tertiary/aromatic N) is 1. The molecule has 0 aliphatic carbocycles. The van der Waals surface area contributed by atoms with E-state index in [0.717, 1.165) is 19.3 Å². The molecule has 0 radical (unpaired) electrons. The van der Waals surface area contributed by atoms with Gasteiger partial charge in [-0.1, -0.05) is 0 Å². The summed E-state index contributed by atoms with van der Waals surface area (Å²) >= 11 is 0. The summed E-state index contributed by atoms with van der Waals surface area (Å²) in [6.45, 7) is 4.21. The normalized spacial score (nSPS) is 20.1. The number of ketones is 2. The monoisotopic (exact) mass is 241 g/mol. The number of hydrogen-bond acceptors (Lipinski definition) is 4. The summed E-state index contributed by atoms with van der Waals surface area (Å²) in [7, 11) is 0. The molecule has 0 aromatic heterocycles. The second-order valence-electron chi connectivity index (χ2n) is 4.21. The van der Waals surface area contributed by atoms with E-state index in [-0.39, 0.29) is 18.4 Å². The molecule has 96 valence electrons. The Morgan fingerprint density at radius 1 is 1.29 bits per heavy atom. The van der Waals surface area contributed by atoms with Crippen LogP contribution in [0.15, 0.2) is 0 Å². The Hall–Kier alpha value is -1.23. The first-order chi connectivity index (χ1) is 8.06. The fourth-order valence-electron chi connectivity index (χ4n) is 1.96. The SMILES string of the molecule is CCOC1CCCCN1C(=O)C(=O)CC(C)=O. The summed E-state index contributed by atoms with van der Waals surface area (Å²) in [6.07, 6.45) is 2.01. The second-order valence-corrected chi connectivity index (χ2v) is 4.21. The molecule has 1 unspecified atom stereocenters. The molecule has 0 saturated carbocycles. The van der Waals surface area contributed by atoms with Gasteiger partial charge in [-0.25, -0.2) is 0 Å². The molecule has 17 heavy (non-hydrogen) atoms. The van der Waals surface area contributed by atoms with Gasteiger partial charge in [0.15, 0.2) is 0 Å². The molecule has 1 heterocycles. The minimum Gasteiger partial charge on any atom is -0.359 e. The predicted molar refractivity (Wildman–Crippen MR) is 61.3 cm³/mol. The maximum Gasteiger partial charge on any atom is 0.292 e. The number of hydrogen-bond donors (Lipinski definition) is 0. The molecule has 1 aliphatic rings. The number of piperidine rings is 1. The molecule has 0 aromatic rings. The first-order valence-electron chi connectivity index (χ1n) is 6.01. The molecule has 0 aromatic carbocycles. The van der Waals surface area contributed by atoms with E-state index in [9.17, 15) is 14.4 Å². The van der Waals surface area contributed by atoms with Crippen LogP contribution < -0.4 is 0 Å². The summed E-state index contributed by atoms with van der Waals surface area (Å²) in [5.74, 6) is -1.50. The van der Waals surface area contributed by atoms with E-state index in [4.69, 9.17) is 4.74 Å². The van der Waals surface area contributed by atoms with Crippen molar-refractivity contribution in [3.8, 4) is 0 Å². The van der Waals surface area contributed by atoms with E-state index in [2.05, 4.69) is 0 Å². The Kier molecular flexibility index (Phi) is 5.28. The highest BCUT2D eigenvalue weighted by atomic mass is 16.5. The summed E-state index contributed by atoms with van der Waals surface area (Å²) in [4.78, 5) is 35.7. The molecule has 1 amide bonds. The predicted octanol–water partition coefficient (Wildman–Crippen LogP) is 0.910. The maximum absolute atomic E-state index is 11.9. The largest absolute Gasteiger partial charge is 0.359 e. The molecule has 1 fully saturated rings. The molecule has 1 saturated heterocycles. The molecule has 5 nitrogen and oxygen atoms in total. The highest BCUT2D eigenvalue weighted by molar-refractivity contribution is 6.39. The van der Waals surface area contributed by atoms with Crippen LogP contribution in [0.2, 0.25) is 0 Å². The van der Waals surface area contributed by atoms with Crippen LogP contribution in [0.25, 0.3) is 0 Å². The van der Waals surface area contributed by atoms with E-state index >= 15 is 0 Å². The number of carbonyl (C=O) groups is 3. The minimum absolute atomic E-state index is 0.284. The van der Waals surface area contributed by atoms with E-state index in [0.29, 0.717) is 13.2 Å². The molecular formula is C12H19NO4. The summed E-state index contributed by atoms with van der Waals surface area (Å²) in [6, 6.07) is 0. The lowest BCUT2D eigenvalue weighted by Gasteiger charge is -2.34. The molecule has 5 heteroatoms. The van der Waals surface area contributed by atoms with Gasteiger partial charge in [-0.05, 0) is 33.1 Å². The van der Waals surface area contributed by atoms with Gasteiger partial charge in [0.1, 0.15) is 12.0 Å². The Labute approximate surface area is 101 Å². The van der Waals surface area contributed by atoms with Gasteiger partial charge in [0.05, 0.1) is 6.42 Å². The summed E-state index contributed by atoms with van der Waals surface area (Å²) in [5, 5.41) is 0. The van der Waals surface area contributed by atoms with Gasteiger partial charge in [-0.3, -0.25) is 14.4 Å². The number of Topliss-reactive ketones (excluding diaryl/α,β-unsaturated/α-hetero) is 2. The van der Waals surface area contributed by atoms with Crippen LogP contribution >= 0.6 is 0 Å². The maximum atomic E-state index is 11.9. The van der Waals surface area contributed by atoms with E-state index in [1.165, 1.54) is 11.8 Å². The number of carbonyl (C=O) groups excluding carboxylic acids is 3. The fraction of sp³-hybridized carbons (Fsp3) is 0.750. The first-order valence-corrected chi connectivity index (χ1v) is 6.01. The van der Waals surface area contributed by atoms with Gasteiger partial charge in [-0.15, -0.1) is 0 Å². The average Bonchev–Trinajstić information content (AvgIpc) is 2.28. The van der Waals surface area contributed by atoms with Crippen LogP contribution in [0.1, 0.15) is 39.5 Å². The fourth-order valence-corrected chi connectivity index (χ4v) is 1.96. The van der Waals surface area contributed by atoms with E-state index < -0.39 is 11.7 Å². The summed E-state index contributed by atoms with van der Waals surface area (Å²) < 4.78 is 5.44. The van der Waals surface area contributed by atoms with Crippen molar-refractivity contribution in [2.24, 2.45) is 0 Å². The van der Waals surface area contributed by atoms with Gasteiger partial charge >= 0.3 is 0 Å². The molecule has 1 atom stereocenters. The van der Waals surface area contributed by atoms with Gasteiger partial charge in [-0.2, -0.15) is 0 Å². The molecule has 1 aliphatic heterocycles. The molecule has 1 rings (SSSR count). The van der Waals surface area contributed by atoms with Crippen molar-refractivity contribution < 1.29 is 19.1 Å². The topological polar surface area (TPSA) is 63.7 Å². The summed E-state index contributed by atoms with van der Waals surface area (Å²) in [5.41, 5.74) is 0. The number of amides is 1. The lowest BCUT2D eigenvalue weighted by Crippen LogP contribution is -2.48. The van der Waals surface area contributed by atoms with Crippen molar-refractivity contribution in [1.29, 1.82) is 0 Å². The van der Waals surface area contributed by atoms with Crippen molar-refractivity contribution in [3.63, 3.8) is 0 Å². The van der Waals surface area contributed by atoms with Gasteiger partial charge in [0, 0.05) is 13.2 Å². The van der Waals surface area contributed by atoms with E-state index in [1.54, 1.807) is 0 Å². The Morgan fingerprint density at radius 2 is 2.00 bits per heavy atom. The standard InChI is InChI=1S/C12H19NO4/c1-3-17-11-6-4-5-7-13(11)12(16)10(15)8-9(2)14/h11H,3-8H2,1-2H3. The minimum atomic E-state index is -0.635. The quantitative estimate of drug-likeness (QED) is 0.530. The van der Waals surface area contributed by atoms with Gasteiger partial charge in [0.2, 0.25) is 5.78 Å². The Balaban J connectivity index is 2.64. The van der Waals surface area contributed by atoms with Crippen molar-refractivity contribution in [3.05, 3.63) is 0 Å². The zero-order chi connectivity index (χ0) is 12.8. The van der Waals surface area contributed by atoms with Crippen LogP contribution in [0.5, 0.6) is 0 Å². The second kappa shape index (κ2) is 6.49. The smallest absolute Gasteiger partial charge is 0.292 e. The van der Waals surface area contributed by atoms with Crippen molar-refractivity contribution in [2.75, 3.05) is 13.2 Å². The zero-order valence-corrected chi connectivity index (χ0v) is 10.4. The third-order valence-corrected chi connectivity index (χ3v) is 2.72. The average molecular weight is 241 g/mol. The van der Waals surface area contributed by atoms with Crippen molar-refractivity contribution in [1.82, 2.24) is 4.90 Å². The Bertz CT molecular complexity index is 312. The highest BCUT2D eigenvalue weighted by Gasteiger charge is 2.31. The van der Waals surface area contributed by atoms with Gasteiger partial charge < -0.3 is 9.64 Å². The van der Waals surface area contributed by atoms with Crippen molar-refractivity contribution in [2.45, 2.75) is 45.8 Å². The van der Waals surface area contributed by atoms with Crippen molar-refractivity contribution >= 4 is 17.5 Å². The van der Waals surface area contributed by atoms with Crippen LogP contribution in [0.3, 0.4) is 0 Å². The number of likely N-dealkylation sites (tertiary alicyclic amines) is 1. The number of rotatable bonds is 5. The zero-order valence-electron chi connectivity index (χ0n) is 10.4. The molecule has 0 N–H and O–H groups in total. The number of ether oxygens (including phenoxy) is 1. The van der Waals surface area contributed by atoms with Crippen LogP contribution in [0, 0.1) is 0 Å². The van der Waals surface area contributed by atoms with E-state index in [1.807, 2.05) is 6.92 Å². The van der Waals surface area contributed by atoms with Gasteiger partial charge in [0.25, 0.3) is 5.91 Å².